The smallest absolute Gasteiger partial charge is 0.259 e. The molecule has 2 amide bonds. The van der Waals surface area contributed by atoms with Crippen molar-refractivity contribution in [2.24, 2.45) is 5.10 Å². The Bertz CT molecular complexity index is 775. The highest BCUT2D eigenvalue weighted by atomic mass is 35.5. The first-order chi connectivity index (χ1) is 12.1. The molecule has 1 aliphatic rings. The Labute approximate surface area is 151 Å². The fourth-order valence-electron chi connectivity index (χ4n) is 2.81. The van der Waals surface area contributed by atoms with Gasteiger partial charge in [0, 0.05) is 23.9 Å². The third kappa shape index (κ3) is 4.67. The fourth-order valence-corrected chi connectivity index (χ4v) is 2.94. The van der Waals surface area contributed by atoms with Gasteiger partial charge < -0.3 is 4.90 Å². The average molecular weight is 356 g/mol. The summed E-state index contributed by atoms with van der Waals surface area (Å²) in [5, 5.41) is 4.55. The molecule has 25 heavy (non-hydrogen) atoms. The quantitative estimate of drug-likeness (QED) is 0.662. The van der Waals surface area contributed by atoms with Crippen molar-refractivity contribution in [3.63, 3.8) is 0 Å². The van der Waals surface area contributed by atoms with Crippen LogP contribution in [0.2, 0.25) is 5.02 Å². The van der Waals surface area contributed by atoms with E-state index in [-0.39, 0.29) is 24.3 Å². The first kappa shape index (κ1) is 17.2. The zero-order chi connectivity index (χ0) is 17.6. The van der Waals surface area contributed by atoms with Crippen molar-refractivity contribution in [2.75, 3.05) is 13.1 Å². The van der Waals surface area contributed by atoms with Crippen molar-refractivity contribution < 1.29 is 9.59 Å². The molecule has 2 aromatic rings. The average Bonchev–Trinajstić information content (AvgIpc) is 2.98. The molecule has 1 aliphatic heterocycles. The Morgan fingerprint density at radius 2 is 1.92 bits per heavy atom. The molecule has 0 radical (unpaired) electrons. The molecule has 2 aromatic carbocycles. The summed E-state index contributed by atoms with van der Waals surface area (Å²) in [5.41, 5.74) is 4.40. The molecule has 0 unspecified atom stereocenters. The van der Waals surface area contributed by atoms with Crippen LogP contribution in [0.25, 0.3) is 0 Å². The van der Waals surface area contributed by atoms with E-state index in [0.29, 0.717) is 18.0 Å². The summed E-state index contributed by atoms with van der Waals surface area (Å²) in [7, 11) is 0. The van der Waals surface area contributed by atoms with Crippen LogP contribution in [0.5, 0.6) is 0 Å². The predicted molar refractivity (Wildman–Crippen MR) is 97.6 cm³/mol. The molecule has 1 N–H and O–H groups in total. The molecule has 0 saturated carbocycles. The number of nitrogens with zero attached hydrogens (tertiary/aromatic N) is 2. The predicted octanol–water partition coefficient (Wildman–Crippen LogP) is 2.81. The third-order valence-corrected chi connectivity index (χ3v) is 4.34. The summed E-state index contributed by atoms with van der Waals surface area (Å²) < 4.78 is 0. The van der Waals surface area contributed by atoms with Gasteiger partial charge in [-0.2, -0.15) is 5.10 Å². The van der Waals surface area contributed by atoms with Crippen LogP contribution >= 0.6 is 11.6 Å². The minimum Gasteiger partial charge on any atom is -0.333 e. The summed E-state index contributed by atoms with van der Waals surface area (Å²) >= 11 is 5.81. The first-order valence-electron chi connectivity index (χ1n) is 8.02. The van der Waals surface area contributed by atoms with E-state index < -0.39 is 0 Å². The highest BCUT2D eigenvalue weighted by Gasteiger charge is 2.31. The molecule has 1 atom stereocenters. The van der Waals surface area contributed by atoms with Gasteiger partial charge in [0.1, 0.15) is 6.54 Å². The number of amides is 2. The number of rotatable bonds is 5. The Kier molecular flexibility index (Phi) is 5.46. The molecule has 1 saturated heterocycles. The van der Waals surface area contributed by atoms with Crippen LogP contribution in [0.3, 0.4) is 0 Å². The van der Waals surface area contributed by atoms with E-state index in [2.05, 4.69) is 10.5 Å². The molecular formula is C19H18ClN3O2. The van der Waals surface area contributed by atoms with Crippen LogP contribution in [-0.4, -0.2) is 36.0 Å². The second-order valence-corrected chi connectivity index (χ2v) is 6.37. The number of carbonyl (C=O) groups excluding carboxylic acids is 2. The summed E-state index contributed by atoms with van der Waals surface area (Å²) in [6, 6.07) is 17.0. The molecule has 1 heterocycles. The van der Waals surface area contributed by atoms with Crippen molar-refractivity contribution in [1.29, 1.82) is 0 Å². The fraction of sp³-hybridized carbons (Fsp3) is 0.211. The van der Waals surface area contributed by atoms with Crippen molar-refractivity contribution in [3.8, 4) is 0 Å². The maximum absolute atomic E-state index is 12.1. The van der Waals surface area contributed by atoms with Gasteiger partial charge in [-0.05, 0) is 23.3 Å². The van der Waals surface area contributed by atoms with Gasteiger partial charge in [0.05, 0.1) is 6.21 Å². The number of hydrogen-bond acceptors (Lipinski definition) is 3. The Morgan fingerprint density at radius 3 is 2.64 bits per heavy atom. The maximum Gasteiger partial charge on any atom is 0.259 e. The minimum atomic E-state index is -0.313. The van der Waals surface area contributed by atoms with Gasteiger partial charge in [0.25, 0.3) is 5.91 Å². The molecule has 3 rings (SSSR count). The lowest BCUT2D eigenvalue weighted by Gasteiger charge is -2.15. The van der Waals surface area contributed by atoms with E-state index in [1.165, 1.54) is 6.21 Å². The lowest BCUT2D eigenvalue weighted by atomic mass is 9.99. The molecule has 128 valence electrons. The summed E-state index contributed by atoms with van der Waals surface area (Å²) in [6.07, 6.45) is 1.97. The number of hydrogen-bond donors (Lipinski definition) is 1. The van der Waals surface area contributed by atoms with Gasteiger partial charge >= 0.3 is 0 Å². The van der Waals surface area contributed by atoms with Crippen LogP contribution in [-0.2, 0) is 9.59 Å². The van der Waals surface area contributed by atoms with E-state index in [1.54, 1.807) is 29.2 Å². The van der Waals surface area contributed by atoms with Gasteiger partial charge in [-0.1, -0.05) is 54.1 Å². The SMILES string of the molecule is O=C(CN1C[C@@H](c2ccccc2)CC1=O)N/N=C\c1ccc(Cl)cc1. The second-order valence-electron chi connectivity index (χ2n) is 5.93. The Morgan fingerprint density at radius 1 is 1.20 bits per heavy atom. The number of hydrazone groups is 1. The third-order valence-electron chi connectivity index (χ3n) is 4.09. The highest BCUT2D eigenvalue weighted by Crippen LogP contribution is 2.27. The molecule has 0 aromatic heterocycles. The van der Waals surface area contributed by atoms with Crippen LogP contribution in [0.15, 0.2) is 59.7 Å². The zero-order valence-corrected chi connectivity index (χ0v) is 14.3. The monoisotopic (exact) mass is 355 g/mol. The largest absolute Gasteiger partial charge is 0.333 e. The summed E-state index contributed by atoms with van der Waals surface area (Å²) in [4.78, 5) is 25.7. The van der Waals surface area contributed by atoms with Crippen LogP contribution in [0.1, 0.15) is 23.5 Å². The van der Waals surface area contributed by atoms with Gasteiger partial charge in [-0.15, -0.1) is 0 Å². The second kappa shape index (κ2) is 7.94. The van der Waals surface area contributed by atoms with Crippen LogP contribution in [0.4, 0.5) is 0 Å². The first-order valence-corrected chi connectivity index (χ1v) is 8.40. The number of likely N-dealkylation sites (tertiary alicyclic amines) is 1. The molecule has 1 fully saturated rings. The van der Waals surface area contributed by atoms with Gasteiger partial charge in [-0.3, -0.25) is 9.59 Å². The summed E-state index contributed by atoms with van der Waals surface area (Å²) in [5.74, 6) is -0.183. The van der Waals surface area contributed by atoms with E-state index in [9.17, 15) is 9.59 Å². The standard InChI is InChI=1S/C19H18ClN3O2/c20-17-8-6-14(7-9-17)11-21-22-18(24)13-23-12-16(10-19(23)25)15-4-2-1-3-5-15/h1-9,11,16H,10,12-13H2,(H,22,24)/b21-11-/t16-/m0/s1. The highest BCUT2D eigenvalue weighted by molar-refractivity contribution is 6.30. The maximum atomic E-state index is 12.1. The minimum absolute atomic E-state index is 0.00863. The topological polar surface area (TPSA) is 61.8 Å². The van der Waals surface area contributed by atoms with Crippen molar-refractivity contribution in [1.82, 2.24) is 10.3 Å². The number of nitrogens with one attached hydrogen (secondary N) is 1. The molecule has 0 bridgehead atoms. The van der Waals surface area contributed by atoms with Crippen LogP contribution < -0.4 is 5.43 Å². The molecule has 0 spiro atoms. The van der Waals surface area contributed by atoms with E-state index in [4.69, 9.17) is 11.6 Å². The molecule has 0 aliphatic carbocycles. The van der Waals surface area contributed by atoms with E-state index in [0.717, 1.165) is 11.1 Å². The lowest BCUT2D eigenvalue weighted by molar-refractivity contribution is -0.133. The van der Waals surface area contributed by atoms with Gasteiger partial charge in [0.15, 0.2) is 0 Å². The summed E-state index contributed by atoms with van der Waals surface area (Å²) in [6.45, 7) is 0.567. The van der Waals surface area contributed by atoms with Crippen molar-refractivity contribution >= 4 is 29.6 Å². The van der Waals surface area contributed by atoms with Crippen molar-refractivity contribution in [2.45, 2.75) is 12.3 Å². The Hall–Kier alpha value is -2.66. The number of halogens is 1. The Balaban J connectivity index is 1.51. The van der Waals surface area contributed by atoms with Gasteiger partial charge in [0.2, 0.25) is 5.91 Å². The molecular weight excluding hydrogens is 338 g/mol. The normalized spacial score (nSPS) is 17.2. The molecule has 5 nitrogen and oxygen atoms in total. The number of carbonyl (C=O) groups is 2. The zero-order valence-electron chi connectivity index (χ0n) is 13.6. The van der Waals surface area contributed by atoms with Crippen LogP contribution in [0, 0.1) is 0 Å². The van der Waals surface area contributed by atoms with E-state index >= 15 is 0 Å². The molecule has 6 heteroatoms. The lowest BCUT2D eigenvalue weighted by Crippen LogP contribution is -2.36. The van der Waals surface area contributed by atoms with E-state index in [1.807, 2.05) is 30.3 Å². The van der Waals surface area contributed by atoms with Crippen molar-refractivity contribution in [3.05, 3.63) is 70.7 Å². The van der Waals surface area contributed by atoms with Gasteiger partial charge in [-0.25, -0.2) is 5.43 Å². The number of benzene rings is 2.